The van der Waals surface area contributed by atoms with Crippen molar-refractivity contribution >= 4 is 43.7 Å². The van der Waals surface area contributed by atoms with Gasteiger partial charge in [-0.3, -0.25) is 14.4 Å². The molecule has 0 radical (unpaired) electrons. The van der Waals surface area contributed by atoms with Gasteiger partial charge in [-0.25, -0.2) is 13.6 Å². The monoisotopic (exact) mass is 1010 g/mol. The Balaban J connectivity index is 1.62. The maximum Gasteiger partial charge on any atom is 0.407 e. The molecule has 2 atom stereocenters. The van der Waals surface area contributed by atoms with Gasteiger partial charge < -0.3 is 59.9 Å². The number of hydrogen-bond donors (Lipinski definition) is 5. The lowest BCUT2D eigenvalue weighted by Gasteiger charge is -2.41. The summed E-state index contributed by atoms with van der Waals surface area (Å²) in [7, 11) is -1.41. The third-order valence-corrected chi connectivity index (χ3v) is 13.3. The number of carboxylic acids is 1. The minimum absolute atomic E-state index is 0.0343. The molecule has 0 aliphatic heterocycles. The van der Waals surface area contributed by atoms with Crippen LogP contribution >= 0.6 is 11.8 Å². The van der Waals surface area contributed by atoms with Crippen LogP contribution in [0.15, 0.2) is 60.8 Å². The molecule has 3 aromatic rings. The lowest BCUT2D eigenvalue weighted by Crippen LogP contribution is -2.45. The zero-order chi connectivity index (χ0) is 50.7. The number of aliphatic carboxylic acids is 1. The molecule has 20 heteroatoms. The van der Waals surface area contributed by atoms with E-state index in [1.807, 2.05) is 61.7 Å². The van der Waals surface area contributed by atoms with Gasteiger partial charge >= 0.3 is 12.1 Å². The van der Waals surface area contributed by atoms with Crippen molar-refractivity contribution in [3.05, 3.63) is 83.7 Å². The van der Waals surface area contributed by atoms with E-state index in [0.29, 0.717) is 103 Å². The molecule has 2 unspecified atom stereocenters. The van der Waals surface area contributed by atoms with E-state index in [1.165, 1.54) is 11.8 Å². The zero-order valence-corrected chi connectivity index (χ0v) is 43.1. The van der Waals surface area contributed by atoms with Gasteiger partial charge in [0.1, 0.15) is 17.7 Å². The van der Waals surface area contributed by atoms with Gasteiger partial charge in [-0.15, -0.1) is 11.8 Å². The summed E-state index contributed by atoms with van der Waals surface area (Å²) in [5, 5.41) is 18.6. The Morgan fingerprint density at radius 2 is 1.48 bits per heavy atom. The fourth-order valence-corrected chi connectivity index (χ4v) is 8.73. The van der Waals surface area contributed by atoms with Crippen LogP contribution in [-0.4, -0.2) is 156 Å². The number of thioether (sulfide) groups is 1. The summed E-state index contributed by atoms with van der Waals surface area (Å²) < 4.78 is 59.2. The van der Waals surface area contributed by atoms with E-state index in [0.717, 1.165) is 29.8 Å². The molecule has 2 aromatic carbocycles. The normalized spacial score (nSPS) is 12.7. The van der Waals surface area contributed by atoms with E-state index in [1.54, 1.807) is 11.1 Å². The van der Waals surface area contributed by atoms with Crippen LogP contribution in [0.3, 0.4) is 0 Å². The number of benzene rings is 2. The number of carbonyl (C=O) groups excluding carboxylic acids is 3. The Bertz CT molecular complexity index is 1990. The summed E-state index contributed by atoms with van der Waals surface area (Å²) in [6.45, 7) is 17.6. The number of carbonyl (C=O) groups is 4. The van der Waals surface area contributed by atoms with Crippen LogP contribution in [0.1, 0.15) is 50.9 Å². The van der Waals surface area contributed by atoms with Crippen LogP contribution in [0.4, 0.5) is 13.6 Å². The van der Waals surface area contributed by atoms with Crippen LogP contribution in [0.2, 0.25) is 25.7 Å². The summed E-state index contributed by atoms with van der Waals surface area (Å²) in [4.78, 5) is 52.3. The van der Waals surface area contributed by atoms with Crippen LogP contribution in [0, 0.1) is 17.0 Å². The van der Waals surface area contributed by atoms with Crippen molar-refractivity contribution in [2.45, 2.75) is 77.9 Å². The molecule has 6 N–H and O–H groups in total. The van der Waals surface area contributed by atoms with Crippen molar-refractivity contribution < 1.29 is 56.7 Å². The molecule has 0 aliphatic rings. The van der Waals surface area contributed by atoms with Crippen LogP contribution in [-0.2, 0) is 44.6 Å². The van der Waals surface area contributed by atoms with Gasteiger partial charge in [-0.2, -0.15) is 0 Å². The second kappa shape index (κ2) is 31.7. The smallest absolute Gasteiger partial charge is 0.407 e. The molecule has 69 heavy (non-hydrogen) atoms. The molecule has 0 spiro atoms. The molecule has 386 valence electrons. The first-order valence-corrected chi connectivity index (χ1v) is 28.5. The Labute approximate surface area is 412 Å². The number of rotatable bonds is 35. The first-order chi connectivity index (χ1) is 32.9. The van der Waals surface area contributed by atoms with E-state index in [2.05, 4.69) is 35.6 Å². The highest BCUT2D eigenvalue weighted by Gasteiger charge is 2.37. The van der Waals surface area contributed by atoms with Crippen molar-refractivity contribution in [2.75, 3.05) is 104 Å². The molecule has 0 fully saturated rings. The van der Waals surface area contributed by atoms with Crippen molar-refractivity contribution in [1.82, 2.24) is 25.4 Å². The first kappa shape index (κ1) is 58.9. The summed E-state index contributed by atoms with van der Waals surface area (Å²) in [5.41, 5.74) is 6.85. The first-order valence-electron chi connectivity index (χ1n) is 23.6. The summed E-state index contributed by atoms with van der Waals surface area (Å²) in [5.74, 6) is -2.60. The average Bonchev–Trinajstić information content (AvgIpc) is 3.69. The fourth-order valence-electron chi connectivity index (χ4n) is 7.06. The number of carboxylic acid groups (broad SMARTS) is 1. The Morgan fingerprint density at radius 3 is 2.10 bits per heavy atom. The Morgan fingerprint density at radius 1 is 0.826 bits per heavy atom. The second-order valence-corrected chi connectivity index (χ2v) is 25.3. The van der Waals surface area contributed by atoms with Gasteiger partial charge in [0.05, 0.1) is 71.2 Å². The highest BCUT2D eigenvalue weighted by atomic mass is 32.2. The highest BCUT2D eigenvalue weighted by Crippen LogP contribution is 2.41. The molecule has 1 aromatic heterocycles. The Hall–Kier alpha value is -4.41. The van der Waals surface area contributed by atoms with Gasteiger partial charge in [0.15, 0.2) is 0 Å². The number of nitrogens with zero attached hydrogens (tertiary/aromatic N) is 2. The van der Waals surface area contributed by atoms with Crippen LogP contribution in [0.25, 0.3) is 11.1 Å². The molecule has 0 bridgehead atoms. The average molecular weight is 1010 g/mol. The van der Waals surface area contributed by atoms with E-state index in [-0.39, 0.29) is 48.5 Å². The van der Waals surface area contributed by atoms with E-state index in [9.17, 15) is 28.7 Å². The Kier molecular flexibility index (Phi) is 27.1. The molecular formula is C49H76F2N6O10SSi. The van der Waals surface area contributed by atoms with Crippen LogP contribution in [0.5, 0.6) is 0 Å². The largest absolute Gasteiger partial charge is 0.480 e. The number of hydrogen-bond acceptors (Lipinski definition) is 12. The standard InChI is InChI=1S/C49H76F2N6O10SSi/c1-49(2,3)46(43-30-38(40-31-39(50)14-15-41(40)51)34-56(43)33-37-12-8-7-9-13-37)57(19-10-16-55-48(62)67-28-29-69(4,5)6)45(59)36-68-35-42(47(60)61)53-17-11-20-63-22-24-65-26-27-66-25-23-64-21-18-54-44(58)32-52/h7-9,12-15,30-31,34,42,46,53H,10-11,16-29,32-33,35-36,52H2,1-6H3,(H,54,58)(H,55,62)(H,60,61). The topological polar surface area (TPSA) is 205 Å². The second-order valence-electron chi connectivity index (χ2n) is 18.7. The third-order valence-electron chi connectivity index (χ3n) is 10.6. The molecule has 0 saturated heterocycles. The third kappa shape index (κ3) is 23.8. The number of amides is 3. The van der Waals surface area contributed by atoms with Gasteiger partial charge in [-0.05, 0) is 60.7 Å². The number of halogens is 2. The number of nitrogens with two attached hydrogens (primary N) is 1. The van der Waals surface area contributed by atoms with Gasteiger partial charge in [0, 0.05) is 69.6 Å². The van der Waals surface area contributed by atoms with Crippen molar-refractivity contribution in [3.63, 3.8) is 0 Å². The fraction of sp³-hybridized carbons (Fsp3) is 0.592. The van der Waals surface area contributed by atoms with Gasteiger partial charge in [0.2, 0.25) is 11.8 Å². The molecule has 0 aliphatic carbocycles. The summed E-state index contributed by atoms with van der Waals surface area (Å²) in [6, 6.07) is 14.2. The molecule has 1 heterocycles. The predicted octanol–water partition coefficient (Wildman–Crippen LogP) is 6.16. The van der Waals surface area contributed by atoms with Crippen molar-refractivity contribution in [2.24, 2.45) is 11.1 Å². The number of aromatic nitrogens is 1. The maximum atomic E-state index is 15.3. The summed E-state index contributed by atoms with van der Waals surface area (Å²) in [6.07, 6.45) is 2.20. The van der Waals surface area contributed by atoms with E-state index >= 15 is 4.39 Å². The number of alkyl carbamates (subject to hydrolysis) is 1. The van der Waals surface area contributed by atoms with E-state index in [4.69, 9.17) is 29.4 Å². The van der Waals surface area contributed by atoms with Crippen LogP contribution < -0.4 is 21.7 Å². The molecule has 3 amide bonds. The SMILES string of the molecule is CC(C)(C)C(c1cc(-c2cc(F)ccc2F)cn1Cc1ccccc1)N(CCCNC(=O)OCC[Si](C)(C)C)C(=O)CSCC(NCCCOCCOCCOCCOCCNC(=O)CN)C(=O)O. The zero-order valence-electron chi connectivity index (χ0n) is 41.3. The molecule has 0 saturated carbocycles. The number of nitrogens with one attached hydrogen (secondary N) is 3. The minimum atomic E-state index is -1.41. The molecule has 16 nitrogen and oxygen atoms in total. The lowest BCUT2D eigenvalue weighted by molar-refractivity contribution is -0.139. The summed E-state index contributed by atoms with van der Waals surface area (Å²) >= 11 is 1.21. The molecule has 3 rings (SSSR count). The number of ether oxygens (including phenoxy) is 5. The van der Waals surface area contributed by atoms with E-state index < -0.39 is 49.3 Å². The van der Waals surface area contributed by atoms with Crippen molar-refractivity contribution in [3.8, 4) is 11.1 Å². The van der Waals surface area contributed by atoms with Crippen molar-refractivity contribution in [1.29, 1.82) is 0 Å². The highest BCUT2D eigenvalue weighted by molar-refractivity contribution is 8.00. The minimum Gasteiger partial charge on any atom is -0.480 e. The maximum absolute atomic E-state index is 15.3. The quantitative estimate of drug-likeness (QED) is 0.0332. The van der Waals surface area contributed by atoms with Gasteiger partial charge in [-0.1, -0.05) is 70.7 Å². The van der Waals surface area contributed by atoms with Gasteiger partial charge in [0.25, 0.3) is 0 Å². The predicted molar refractivity (Wildman–Crippen MR) is 268 cm³/mol. The lowest BCUT2D eigenvalue weighted by atomic mass is 9.83. The molecular weight excluding hydrogens is 931 g/mol.